The van der Waals surface area contributed by atoms with Gasteiger partial charge in [0.2, 0.25) is 15.9 Å². The Labute approximate surface area is 185 Å². The van der Waals surface area contributed by atoms with E-state index < -0.39 is 10.0 Å². The van der Waals surface area contributed by atoms with Crippen LogP contribution in [0.4, 0.5) is 5.69 Å². The summed E-state index contributed by atoms with van der Waals surface area (Å²) in [6.45, 7) is 3.62. The Morgan fingerprint density at radius 1 is 0.900 bits per heavy atom. The molecular weight excluding hydrogens is 464 g/mol. The van der Waals surface area contributed by atoms with Gasteiger partial charge in [-0.05, 0) is 54.8 Å². The van der Waals surface area contributed by atoms with Crippen molar-refractivity contribution in [1.82, 2.24) is 4.31 Å². The van der Waals surface area contributed by atoms with Crippen molar-refractivity contribution in [1.29, 1.82) is 0 Å². The van der Waals surface area contributed by atoms with E-state index in [-0.39, 0.29) is 23.9 Å². The second-order valence-electron chi connectivity index (χ2n) is 7.03. The molecule has 0 unspecified atom stereocenters. The van der Waals surface area contributed by atoms with Gasteiger partial charge in [0, 0.05) is 16.7 Å². The molecule has 3 rings (SSSR count). The fourth-order valence-electron chi connectivity index (χ4n) is 3.12. The predicted octanol–water partition coefficient (Wildman–Crippen LogP) is 4.90. The van der Waals surface area contributed by atoms with Crippen LogP contribution in [-0.4, -0.2) is 25.2 Å². The van der Waals surface area contributed by atoms with Crippen molar-refractivity contribution in [3.63, 3.8) is 0 Å². The molecule has 1 N–H and O–H groups in total. The van der Waals surface area contributed by atoms with E-state index in [9.17, 15) is 13.2 Å². The molecule has 0 aromatic heterocycles. The molecule has 0 saturated heterocycles. The Balaban J connectivity index is 1.89. The summed E-state index contributed by atoms with van der Waals surface area (Å²) in [5.41, 5.74) is 3.36. The molecular formula is C23H23BrN2O3S. The lowest BCUT2D eigenvalue weighted by Crippen LogP contribution is -2.37. The van der Waals surface area contributed by atoms with Crippen LogP contribution in [0.3, 0.4) is 0 Å². The second kappa shape index (κ2) is 9.55. The van der Waals surface area contributed by atoms with Crippen LogP contribution in [0.1, 0.15) is 16.7 Å². The minimum atomic E-state index is -3.87. The third-order valence-corrected chi connectivity index (χ3v) is 7.05. The van der Waals surface area contributed by atoms with E-state index in [4.69, 9.17) is 0 Å². The molecule has 1 amide bonds. The lowest BCUT2D eigenvalue weighted by molar-refractivity contribution is -0.116. The molecule has 0 atom stereocenters. The molecule has 30 heavy (non-hydrogen) atoms. The van der Waals surface area contributed by atoms with E-state index >= 15 is 0 Å². The van der Waals surface area contributed by atoms with Gasteiger partial charge in [-0.1, -0.05) is 64.5 Å². The fraction of sp³-hybridized carbons (Fsp3) is 0.174. The zero-order valence-electron chi connectivity index (χ0n) is 16.8. The highest BCUT2D eigenvalue weighted by atomic mass is 79.9. The van der Waals surface area contributed by atoms with Crippen molar-refractivity contribution in [2.45, 2.75) is 25.3 Å². The highest BCUT2D eigenvalue weighted by molar-refractivity contribution is 9.10. The van der Waals surface area contributed by atoms with Crippen molar-refractivity contribution < 1.29 is 13.2 Å². The molecule has 0 spiro atoms. The van der Waals surface area contributed by atoms with Crippen LogP contribution < -0.4 is 5.32 Å². The van der Waals surface area contributed by atoms with E-state index in [1.54, 1.807) is 12.1 Å². The first-order valence-electron chi connectivity index (χ1n) is 9.43. The average Bonchev–Trinajstić information content (AvgIpc) is 2.71. The Kier molecular flexibility index (Phi) is 7.07. The number of hydrogen-bond donors (Lipinski definition) is 1. The lowest BCUT2D eigenvalue weighted by Gasteiger charge is -2.22. The normalized spacial score (nSPS) is 11.5. The number of rotatable bonds is 7. The smallest absolute Gasteiger partial charge is 0.243 e. The van der Waals surface area contributed by atoms with Gasteiger partial charge < -0.3 is 5.32 Å². The first-order chi connectivity index (χ1) is 14.3. The van der Waals surface area contributed by atoms with Gasteiger partial charge >= 0.3 is 0 Å². The average molecular weight is 487 g/mol. The summed E-state index contributed by atoms with van der Waals surface area (Å²) >= 11 is 3.32. The van der Waals surface area contributed by atoms with E-state index in [2.05, 4.69) is 21.2 Å². The number of carbonyl (C=O) groups is 1. The van der Waals surface area contributed by atoms with Crippen molar-refractivity contribution >= 4 is 37.5 Å². The molecule has 5 nitrogen and oxygen atoms in total. The van der Waals surface area contributed by atoms with Crippen LogP contribution >= 0.6 is 15.9 Å². The summed E-state index contributed by atoms with van der Waals surface area (Å²) in [6, 6.07) is 21.4. The third-order valence-electron chi connectivity index (χ3n) is 4.72. The highest BCUT2D eigenvalue weighted by Crippen LogP contribution is 2.22. The van der Waals surface area contributed by atoms with Crippen LogP contribution in [0, 0.1) is 13.8 Å². The van der Waals surface area contributed by atoms with Gasteiger partial charge in [0.15, 0.2) is 0 Å². The van der Waals surface area contributed by atoms with Crippen LogP contribution in [0.25, 0.3) is 0 Å². The number of anilines is 1. The Morgan fingerprint density at radius 3 is 2.10 bits per heavy atom. The number of carbonyl (C=O) groups excluding carboxylic acids is 1. The van der Waals surface area contributed by atoms with Gasteiger partial charge in [-0.15, -0.1) is 0 Å². The second-order valence-corrected chi connectivity index (χ2v) is 9.88. The Morgan fingerprint density at radius 2 is 1.50 bits per heavy atom. The molecule has 3 aromatic rings. The molecule has 0 aliphatic carbocycles. The highest BCUT2D eigenvalue weighted by Gasteiger charge is 2.27. The summed E-state index contributed by atoms with van der Waals surface area (Å²) in [5, 5.41) is 2.87. The van der Waals surface area contributed by atoms with E-state index in [1.807, 2.05) is 62.4 Å². The maximum absolute atomic E-state index is 13.3. The molecule has 0 aliphatic rings. The number of para-hydroxylation sites is 1. The predicted molar refractivity (Wildman–Crippen MR) is 123 cm³/mol. The molecule has 0 bridgehead atoms. The number of nitrogens with zero attached hydrogens (tertiary/aromatic N) is 1. The number of benzene rings is 3. The molecule has 0 aliphatic heterocycles. The quantitative estimate of drug-likeness (QED) is 0.516. The molecule has 0 fully saturated rings. The van der Waals surface area contributed by atoms with Crippen LogP contribution in [0.5, 0.6) is 0 Å². The molecule has 7 heteroatoms. The van der Waals surface area contributed by atoms with Gasteiger partial charge in [0.05, 0.1) is 11.4 Å². The van der Waals surface area contributed by atoms with Crippen LogP contribution in [0.15, 0.2) is 82.2 Å². The maximum atomic E-state index is 13.3. The van der Waals surface area contributed by atoms with Crippen molar-refractivity contribution in [2.24, 2.45) is 0 Å². The number of halogens is 1. The summed E-state index contributed by atoms with van der Waals surface area (Å²) in [6.07, 6.45) is 0. The van der Waals surface area contributed by atoms with E-state index in [0.717, 1.165) is 21.2 Å². The Bertz CT molecular complexity index is 1110. The number of amides is 1. The van der Waals surface area contributed by atoms with Gasteiger partial charge in [-0.2, -0.15) is 4.31 Å². The summed E-state index contributed by atoms with van der Waals surface area (Å²) < 4.78 is 28.6. The van der Waals surface area contributed by atoms with Gasteiger partial charge in [-0.3, -0.25) is 4.79 Å². The molecule has 3 aromatic carbocycles. The van der Waals surface area contributed by atoms with Crippen molar-refractivity contribution in [3.05, 3.63) is 94.0 Å². The van der Waals surface area contributed by atoms with Crippen molar-refractivity contribution in [3.8, 4) is 0 Å². The minimum absolute atomic E-state index is 0.0966. The topological polar surface area (TPSA) is 66.5 Å². The maximum Gasteiger partial charge on any atom is 0.243 e. The van der Waals surface area contributed by atoms with Crippen LogP contribution in [-0.2, 0) is 21.4 Å². The van der Waals surface area contributed by atoms with Crippen LogP contribution in [0.2, 0.25) is 0 Å². The van der Waals surface area contributed by atoms with Gasteiger partial charge in [0.1, 0.15) is 0 Å². The summed E-state index contributed by atoms with van der Waals surface area (Å²) in [7, 11) is -3.87. The number of nitrogens with one attached hydrogen (secondary N) is 1. The van der Waals surface area contributed by atoms with E-state index in [1.165, 1.54) is 16.4 Å². The Hall–Kier alpha value is -2.48. The fourth-order valence-corrected chi connectivity index (χ4v) is 4.77. The van der Waals surface area contributed by atoms with Gasteiger partial charge in [0.25, 0.3) is 0 Å². The van der Waals surface area contributed by atoms with Gasteiger partial charge in [-0.25, -0.2) is 8.42 Å². The SMILES string of the molecule is Cc1cccc(C)c1NC(=O)CN(Cc1ccccc1)S(=O)(=O)c1ccc(Br)cc1. The first kappa shape index (κ1) is 22.2. The molecule has 0 saturated carbocycles. The molecule has 0 radical (unpaired) electrons. The molecule has 156 valence electrons. The summed E-state index contributed by atoms with van der Waals surface area (Å²) in [4.78, 5) is 13.0. The minimum Gasteiger partial charge on any atom is -0.324 e. The summed E-state index contributed by atoms with van der Waals surface area (Å²) in [5.74, 6) is -0.385. The zero-order valence-corrected chi connectivity index (χ0v) is 19.2. The number of sulfonamides is 1. The third kappa shape index (κ3) is 5.36. The van der Waals surface area contributed by atoms with Crippen molar-refractivity contribution in [2.75, 3.05) is 11.9 Å². The number of hydrogen-bond acceptors (Lipinski definition) is 3. The zero-order chi connectivity index (χ0) is 21.7. The largest absolute Gasteiger partial charge is 0.324 e. The lowest BCUT2D eigenvalue weighted by atomic mass is 10.1. The number of aryl methyl sites for hydroxylation is 2. The first-order valence-corrected chi connectivity index (χ1v) is 11.7. The standard InChI is InChI=1S/C23H23BrN2O3S/c1-17-7-6-8-18(2)23(17)25-22(27)16-26(15-19-9-4-3-5-10-19)30(28,29)21-13-11-20(24)12-14-21/h3-14H,15-16H2,1-2H3,(H,25,27). The monoisotopic (exact) mass is 486 g/mol. The van der Waals surface area contributed by atoms with E-state index in [0.29, 0.717) is 5.69 Å². The molecule has 0 heterocycles.